The highest BCUT2D eigenvalue weighted by molar-refractivity contribution is 4.92. The van der Waals surface area contributed by atoms with Gasteiger partial charge in [0.25, 0.3) is 0 Å². The molecule has 0 saturated carbocycles. The zero-order chi connectivity index (χ0) is 13.3. The summed E-state index contributed by atoms with van der Waals surface area (Å²) in [5, 5.41) is 9.09. The molecule has 17 heavy (non-hydrogen) atoms. The van der Waals surface area contributed by atoms with E-state index in [1.54, 1.807) is 0 Å². The second kappa shape index (κ2) is 5.27. The first-order valence-electron chi connectivity index (χ1n) is 6.99. The SMILES string of the molecule is CC(C)(C)C1CCN(CCO)CC1C(C)(C)C. The fourth-order valence-corrected chi connectivity index (χ4v) is 3.28. The molecule has 102 valence electrons. The van der Waals surface area contributed by atoms with E-state index < -0.39 is 0 Å². The van der Waals surface area contributed by atoms with Crippen molar-refractivity contribution in [3.05, 3.63) is 0 Å². The van der Waals surface area contributed by atoms with Crippen LogP contribution < -0.4 is 0 Å². The molecule has 2 nitrogen and oxygen atoms in total. The predicted octanol–water partition coefficient (Wildman–Crippen LogP) is 3.01. The van der Waals surface area contributed by atoms with E-state index in [9.17, 15) is 0 Å². The molecule has 2 unspecified atom stereocenters. The van der Waals surface area contributed by atoms with Gasteiger partial charge < -0.3 is 10.0 Å². The highest BCUT2D eigenvalue weighted by Crippen LogP contribution is 2.45. The molecule has 0 bridgehead atoms. The first kappa shape index (κ1) is 15.0. The number of hydrogen-bond acceptors (Lipinski definition) is 2. The summed E-state index contributed by atoms with van der Waals surface area (Å²) in [7, 11) is 0. The summed E-state index contributed by atoms with van der Waals surface area (Å²) < 4.78 is 0. The van der Waals surface area contributed by atoms with E-state index in [2.05, 4.69) is 46.4 Å². The smallest absolute Gasteiger partial charge is 0.0558 e. The first-order chi connectivity index (χ1) is 7.66. The Labute approximate surface area is 107 Å². The molecule has 1 saturated heterocycles. The summed E-state index contributed by atoms with van der Waals surface area (Å²) in [5.74, 6) is 1.51. The zero-order valence-corrected chi connectivity index (χ0v) is 12.6. The molecule has 2 heteroatoms. The number of rotatable bonds is 2. The van der Waals surface area contributed by atoms with Crippen LogP contribution in [0, 0.1) is 22.7 Å². The van der Waals surface area contributed by atoms with Crippen LogP contribution in [0.15, 0.2) is 0 Å². The molecule has 1 fully saturated rings. The summed E-state index contributed by atoms with van der Waals surface area (Å²) in [6.07, 6.45) is 1.27. The number of aliphatic hydroxyl groups excluding tert-OH is 1. The number of nitrogens with zero attached hydrogens (tertiary/aromatic N) is 1. The molecule has 2 atom stereocenters. The minimum absolute atomic E-state index is 0.289. The van der Waals surface area contributed by atoms with Crippen LogP contribution in [0.25, 0.3) is 0 Å². The standard InChI is InChI=1S/C15H31NO/c1-14(2,3)12-7-8-16(9-10-17)11-13(12)15(4,5)6/h12-13,17H,7-11H2,1-6H3. The van der Waals surface area contributed by atoms with Gasteiger partial charge in [0.15, 0.2) is 0 Å². The van der Waals surface area contributed by atoms with Gasteiger partial charge in [-0.1, -0.05) is 41.5 Å². The lowest BCUT2D eigenvalue weighted by Crippen LogP contribution is -2.49. The predicted molar refractivity (Wildman–Crippen MR) is 74.0 cm³/mol. The largest absolute Gasteiger partial charge is 0.395 e. The summed E-state index contributed by atoms with van der Waals surface area (Å²) in [4.78, 5) is 2.43. The van der Waals surface area contributed by atoms with Crippen molar-refractivity contribution in [2.45, 2.75) is 48.0 Å². The van der Waals surface area contributed by atoms with Crippen molar-refractivity contribution in [1.82, 2.24) is 4.90 Å². The lowest BCUT2D eigenvalue weighted by atomic mass is 9.61. The van der Waals surface area contributed by atoms with Gasteiger partial charge in [-0.15, -0.1) is 0 Å². The fourth-order valence-electron chi connectivity index (χ4n) is 3.28. The third-order valence-corrected chi connectivity index (χ3v) is 4.34. The molecule has 0 aromatic rings. The minimum Gasteiger partial charge on any atom is -0.395 e. The van der Waals surface area contributed by atoms with E-state index in [0.29, 0.717) is 10.8 Å². The number of aliphatic hydroxyl groups is 1. The average Bonchev–Trinajstić information content (AvgIpc) is 2.15. The van der Waals surface area contributed by atoms with Crippen LogP contribution >= 0.6 is 0 Å². The van der Waals surface area contributed by atoms with E-state index in [0.717, 1.165) is 31.5 Å². The summed E-state index contributed by atoms with van der Waals surface area (Å²) in [6, 6.07) is 0. The van der Waals surface area contributed by atoms with Crippen molar-refractivity contribution >= 4 is 0 Å². The monoisotopic (exact) mass is 241 g/mol. The Balaban J connectivity index is 2.80. The lowest BCUT2D eigenvalue weighted by molar-refractivity contribution is -0.0113. The number of likely N-dealkylation sites (tertiary alicyclic amines) is 1. The van der Waals surface area contributed by atoms with Gasteiger partial charge in [-0.25, -0.2) is 0 Å². The van der Waals surface area contributed by atoms with E-state index in [1.807, 2.05) is 0 Å². The molecule has 0 radical (unpaired) electrons. The Morgan fingerprint density at radius 3 is 1.94 bits per heavy atom. The van der Waals surface area contributed by atoms with E-state index in [-0.39, 0.29) is 6.61 Å². The van der Waals surface area contributed by atoms with Crippen molar-refractivity contribution in [3.8, 4) is 0 Å². The Morgan fingerprint density at radius 2 is 1.53 bits per heavy atom. The molecule has 1 heterocycles. The van der Waals surface area contributed by atoms with Crippen molar-refractivity contribution in [2.75, 3.05) is 26.2 Å². The second-order valence-corrected chi connectivity index (χ2v) is 7.76. The average molecular weight is 241 g/mol. The van der Waals surface area contributed by atoms with Gasteiger partial charge in [0.2, 0.25) is 0 Å². The maximum atomic E-state index is 9.09. The van der Waals surface area contributed by atoms with E-state index in [4.69, 9.17) is 5.11 Å². The topological polar surface area (TPSA) is 23.5 Å². The Hall–Kier alpha value is -0.0800. The lowest BCUT2D eigenvalue weighted by Gasteiger charge is -2.49. The molecule has 0 aromatic heterocycles. The van der Waals surface area contributed by atoms with Crippen LogP contribution in [-0.2, 0) is 0 Å². The van der Waals surface area contributed by atoms with Crippen molar-refractivity contribution in [2.24, 2.45) is 22.7 Å². The quantitative estimate of drug-likeness (QED) is 0.803. The number of hydrogen-bond donors (Lipinski definition) is 1. The van der Waals surface area contributed by atoms with Gasteiger partial charge in [-0.3, -0.25) is 0 Å². The molecule has 0 spiro atoms. The zero-order valence-electron chi connectivity index (χ0n) is 12.6. The maximum Gasteiger partial charge on any atom is 0.0558 e. The number of β-amino-alcohol motifs (C(OH)–C–C–N with tert-alkyl or cyclic N) is 1. The van der Waals surface area contributed by atoms with Gasteiger partial charge in [0.05, 0.1) is 6.61 Å². The fraction of sp³-hybridized carbons (Fsp3) is 1.00. The first-order valence-corrected chi connectivity index (χ1v) is 6.99. The molecule has 1 aliphatic heterocycles. The van der Waals surface area contributed by atoms with Crippen LogP contribution in [0.2, 0.25) is 0 Å². The molecule has 1 aliphatic rings. The Bertz CT molecular complexity index is 236. The molecular formula is C15H31NO. The third-order valence-electron chi connectivity index (χ3n) is 4.34. The normalized spacial score (nSPS) is 28.4. The Kier molecular flexibility index (Phi) is 4.65. The van der Waals surface area contributed by atoms with Crippen molar-refractivity contribution in [3.63, 3.8) is 0 Å². The van der Waals surface area contributed by atoms with Gasteiger partial charge in [0.1, 0.15) is 0 Å². The van der Waals surface area contributed by atoms with Gasteiger partial charge in [0, 0.05) is 13.1 Å². The van der Waals surface area contributed by atoms with E-state index >= 15 is 0 Å². The van der Waals surface area contributed by atoms with Crippen molar-refractivity contribution in [1.29, 1.82) is 0 Å². The molecule has 0 aromatic carbocycles. The highest BCUT2D eigenvalue weighted by atomic mass is 16.3. The Morgan fingerprint density at radius 1 is 1.00 bits per heavy atom. The number of piperidine rings is 1. The maximum absolute atomic E-state index is 9.09. The minimum atomic E-state index is 0.289. The van der Waals surface area contributed by atoms with Crippen molar-refractivity contribution < 1.29 is 5.11 Å². The van der Waals surface area contributed by atoms with E-state index in [1.165, 1.54) is 6.42 Å². The van der Waals surface area contributed by atoms with Crippen LogP contribution in [0.1, 0.15) is 48.0 Å². The van der Waals surface area contributed by atoms with Crippen LogP contribution in [-0.4, -0.2) is 36.2 Å². The molecule has 0 amide bonds. The molecule has 0 aliphatic carbocycles. The van der Waals surface area contributed by atoms with Gasteiger partial charge >= 0.3 is 0 Å². The molecule has 1 N–H and O–H groups in total. The van der Waals surface area contributed by atoms with Gasteiger partial charge in [-0.05, 0) is 35.6 Å². The summed E-state index contributed by atoms with van der Waals surface area (Å²) >= 11 is 0. The van der Waals surface area contributed by atoms with Crippen LogP contribution in [0.5, 0.6) is 0 Å². The second-order valence-electron chi connectivity index (χ2n) is 7.76. The molecular weight excluding hydrogens is 210 g/mol. The summed E-state index contributed by atoms with van der Waals surface area (Å²) in [5.41, 5.74) is 0.745. The summed E-state index contributed by atoms with van der Waals surface area (Å²) in [6.45, 7) is 17.6. The highest BCUT2D eigenvalue weighted by Gasteiger charge is 2.41. The van der Waals surface area contributed by atoms with Gasteiger partial charge in [-0.2, -0.15) is 0 Å². The third kappa shape index (κ3) is 3.96. The van der Waals surface area contributed by atoms with Crippen LogP contribution in [0.3, 0.4) is 0 Å². The molecule has 1 rings (SSSR count). The van der Waals surface area contributed by atoms with Crippen LogP contribution in [0.4, 0.5) is 0 Å².